The largest absolute Gasteiger partial charge is 0.376 e. The standard InChI is InChI=1S/C21H29N3O3S/c1-5-6-13-24(4)28(26,27)19-10-8-18(9-11-19)22-15-21(25)23-20-12-7-16(2)14-17(20)3/h7-12,14,22H,5-6,13,15H2,1-4H3,(H,23,25). The Labute approximate surface area is 168 Å². The molecule has 2 rings (SSSR count). The molecule has 0 radical (unpaired) electrons. The Bertz CT molecular complexity index is 909. The van der Waals surface area contributed by atoms with Crippen molar-refractivity contribution in [3.05, 3.63) is 53.6 Å². The lowest BCUT2D eigenvalue weighted by Crippen LogP contribution is -2.28. The molecule has 0 aliphatic carbocycles. The first kappa shape index (κ1) is 21.9. The van der Waals surface area contributed by atoms with Crippen LogP contribution in [-0.2, 0) is 14.8 Å². The molecule has 0 unspecified atom stereocenters. The zero-order chi connectivity index (χ0) is 20.7. The number of aryl methyl sites for hydroxylation is 2. The number of carbonyl (C=O) groups excluding carboxylic acids is 1. The van der Waals surface area contributed by atoms with Gasteiger partial charge in [-0.15, -0.1) is 0 Å². The van der Waals surface area contributed by atoms with Crippen molar-refractivity contribution < 1.29 is 13.2 Å². The summed E-state index contributed by atoms with van der Waals surface area (Å²) in [5.41, 5.74) is 3.62. The van der Waals surface area contributed by atoms with Crippen molar-refractivity contribution in [2.45, 2.75) is 38.5 Å². The second-order valence-corrected chi connectivity index (χ2v) is 8.97. The van der Waals surface area contributed by atoms with Gasteiger partial charge in [0.15, 0.2) is 0 Å². The zero-order valence-corrected chi connectivity index (χ0v) is 17.8. The number of unbranched alkanes of at least 4 members (excludes halogenated alkanes) is 1. The van der Waals surface area contributed by atoms with Crippen molar-refractivity contribution in [3.8, 4) is 0 Å². The molecule has 2 N–H and O–H groups in total. The van der Waals surface area contributed by atoms with Crippen LogP contribution >= 0.6 is 0 Å². The molecule has 0 aliphatic rings. The fourth-order valence-electron chi connectivity index (χ4n) is 2.76. The molecule has 0 atom stereocenters. The van der Waals surface area contributed by atoms with Crippen LogP contribution < -0.4 is 10.6 Å². The highest BCUT2D eigenvalue weighted by atomic mass is 32.2. The third-order valence-corrected chi connectivity index (χ3v) is 6.37. The van der Waals surface area contributed by atoms with Gasteiger partial charge in [0.25, 0.3) is 0 Å². The van der Waals surface area contributed by atoms with Gasteiger partial charge in [0, 0.05) is 25.0 Å². The molecule has 0 fully saturated rings. The first-order chi connectivity index (χ1) is 13.2. The van der Waals surface area contributed by atoms with Gasteiger partial charge < -0.3 is 10.6 Å². The Morgan fingerprint density at radius 3 is 2.36 bits per heavy atom. The van der Waals surface area contributed by atoms with Crippen LogP contribution in [0, 0.1) is 13.8 Å². The van der Waals surface area contributed by atoms with Crippen molar-refractivity contribution in [2.24, 2.45) is 0 Å². The third-order valence-electron chi connectivity index (χ3n) is 4.50. The predicted octanol–water partition coefficient (Wildman–Crippen LogP) is 3.77. The van der Waals surface area contributed by atoms with Crippen LogP contribution in [0.3, 0.4) is 0 Å². The number of amides is 1. The van der Waals surface area contributed by atoms with E-state index < -0.39 is 10.0 Å². The molecular formula is C21H29N3O3S. The van der Waals surface area contributed by atoms with Crippen molar-refractivity contribution in [1.29, 1.82) is 0 Å². The molecule has 0 aliphatic heterocycles. The number of nitrogens with one attached hydrogen (secondary N) is 2. The quantitative estimate of drug-likeness (QED) is 0.668. The molecule has 6 nitrogen and oxygen atoms in total. The van der Waals surface area contributed by atoms with E-state index in [0.29, 0.717) is 12.2 Å². The summed E-state index contributed by atoms with van der Waals surface area (Å²) in [6.07, 6.45) is 1.76. The first-order valence-electron chi connectivity index (χ1n) is 9.41. The molecule has 152 valence electrons. The summed E-state index contributed by atoms with van der Waals surface area (Å²) in [4.78, 5) is 12.4. The van der Waals surface area contributed by atoms with Crippen molar-refractivity contribution >= 4 is 27.3 Å². The second kappa shape index (κ2) is 9.71. The molecule has 1 amide bonds. The van der Waals surface area contributed by atoms with Crippen molar-refractivity contribution in [1.82, 2.24) is 4.31 Å². The van der Waals surface area contributed by atoms with E-state index in [9.17, 15) is 13.2 Å². The van der Waals surface area contributed by atoms with Gasteiger partial charge in [0.05, 0.1) is 11.4 Å². The summed E-state index contributed by atoms with van der Waals surface area (Å²) in [5.74, 6) is -0.164. The summed E-state index contributed by atoms with van der Waals surface area (Å²) < 4.78 is 26.4. The maximum absolute atomic E-state index is 12.5. The third kappa shape index (κ3) is 5.81. The van der Waals surface area contributed by atoms with E-state index in [0.717, 1.165) is 29.7 Å². The Balaban J connectivity index is 1.94. The minimum Gasteiger partial charge on any atom is -0.376 e. The maximum atomic E-state index is 12.5. The Hall–Kier alpha value is -2.38. The number of hydrogen-bond acceptors (Lipinski definition) is 4. The molecule has 2 aromatic rings. The SMILES string of the molecule is CCCCN(C)S(=O)(=O)c1ccc(NCC(=O)Nc2ccc(C)cc2C)cc1. The van der Waals surface area contributed by atoms with E-state index in [2.05, 4.69) is 10.6 Å². The summed E-state index contributed by atoms with van der Waals surface area (Å²) in [6.45, 7) is 6.57. The Morgan fingerprint density at radius 1 is 1.07 bits per heavy atom. The second-order valence-electron chi connectivity index (χ2n) is 6.92. The Morgan fingerprint density at radius 2 is 1.75 bits per heavy atom. The van der Waals surface area contributed by atoms with E-state index in [1.807, 2.05) is 39.0 Å². The maximum Gasteiger partial charge on any atom is 0.243 e. The van der Waals surface area contributed by atoms with Gasteiger partial charge in [-0.3, -0.25) is 4.79 Å². The van der Waals surface area contributed by atoms with E-state index in [4.69, 9.17) is 0 Å². The monoisotopic (exact) mass is 403 g/mol. The lowest BCUT2D eigenvalue weighted by molar-refractivity contribution is -0.114. The fourth-order valence-corrected chi connectivity index (χ4v) is 3.97. The van der Waals surface area contributed by atoms with Crippen LogP contribution in [0.25, 0.3) is 0 Å². The van der Waals surface area contributed by atoms with Crippen molar-refractivity contribution in [2.75, 3.05) is 30.8 Å². The van der Waals surface area contributed by atoms with Gasteiger partial charge in [0.1, 0.15) is 0 Å². The normalized spacial score (nSPS) is 11.5. The number of benzene rings is 2. The molecule has 7 heteroatoms. The molecule has 0 aromatic heterocycles. The summed E-state index contributed by atoms with van der Waals surface area (Å²) >= 11 is 0. The number of anilines is 2. The van der Waals surface area contributed by atoms with E-state index in [-0.39, 0.29) is 17.3 Å². The van der Waals surface area contributed by atoms with Crippen LogP contribution in [0.15, 0.2) is 47.4 Å². The number of sulfonamides is 1. The van der Waals surface area contributed by atoms with E-state index >= 15 is 0 Å². The predicted molar refractivity (Wildman–Crippen MR) is 114 cm³/mol. The first-order valence-corrected chi connectivity index (χ1v) is 10.9. The summed E-state index contributed by atoms with van der Waals surface area (Å²) in [6, 6.07) is 12.3. The molecule has 0 saturated carbocycles. The van der Waals surface area contributed by atoms with Gasteiger partial charge in [-0.05, 0) is 56.2 Å². The molecule has 0 saturated heterocycles. The van der Waals surface area contributed by atoms with Crippen molar-refractivity contribution in [3.63, 3.8) is 0 Å². The number of hydrogen-bond donors (Lipinski definition) is 2. The molecule has 0 bridgehead atoms. The number of rotatable bonds is 9. The van der Waals surface area contributed by atoms with Crippen LogP contribution in [0.4, 0.5) is 11.4 Å². The fraction of sp³-hybridized carbons (Fsp3) is 0.381. The summed E-state index contributed by atoms with van der Waals surface area (Å²) in [5, 5.41) is 5.89. The zero-order valence-electron chi connectivity index (χ0n) is 17.0. The highest BCUT2D eigenvalue weighted by Crippen LogP contribution is 2.18. The minimum absolute atomic E-state index is 0.0931. The van der Waals surface area contributed by atoms with E-state index in [1.165, 1.54) is 4.31 Å². The molecular weight excluding hydrogens is 374 g/mol. The lowest BCUT2D eigenvalue weighted by Gasteiger charge is -2.17. The number of nitrogens with zero attached hydrogens (tertiary/aromatic N) is 1. The van der Waals surface area contributed by atoms with Gasteiger partial charge >= 0.3 is 0 Å². The molecule has 2 aromatic carbocycles. The molecule has 0 heterocycles. The van der Waals surface area contributed by atoms with Gasteiger partial charge in [-0.2, -0.15) is 0 Å². The minimum atomic E-state index is -3.48. The van der Waals surface area contributed by atoms with Gasteiger partial charge in [0.2, 0.25) is 15.9 Å². The van der Waals surface area contributed by atoms with Gasteiger partial charge in [-0.25, -0.2) is 12.7 Å². The smallest absolute Gasteiger partial charge is 0.243 e. The average molecular weight is 404 g/mol. The lowest BCUT2D eigenvalue weighted by atomic mass is 10.1. The topological polar surface area (TPSA) is 78.5 Å². The van der Waals surface area contributed by atoms with Crippen LogP contribution in [0.1, 0.15) is 30.9 Å². The number of carbonyl (C=O) groups is 1. The molecule has 0 spiro atoms. The highest BCUT2D eigenvalue weighted by Gasteiger charge is 2.19. The molecule has 28 heavy (non-hydrogen) atoms. The van der Waals surface area contributed by atoms with E-state index in [1.54, 1.807) is 31.3 Å². The average Bonchev–Trinajstić information content (AvgIpc) is 2.67. The van der Waals surface area contributed by atoms with Gasteiger partial charge in [-0.1, -0.05) is 31.0 Å². The van der Waals surface area contributed by atoms with Crippen LogP contribution in [0.2, 0.25) is 0 Å². The van der Waals surface area contributed by atoms with Crippen LogP contribution in [0.5, 0.6) is 0 Å². The van der Waals surface area contributed by atoms with Crippen LogP contribution in [-0.4, -0.2) is 38.8 Å². The highest BCUT2D eigenvalue weighted by molar-refractivity contribution is 7.89. The Kier molecular flexibility index (Phi) is 7.60. The summed E-state index contributed by atoms with van der Waals surface area (Å²) in [7, 11) is -1.89.